The Hall–Kier alpha value is -1.26. The molecule has 0 aromatic heterocycles. The number of rotatable bonds is 6. The molecule has 3 rings (SSSR count). The molecule has 1 spiro atoms. The van der Waals surface area contributed by atoms with E-state index in [0.29, 0.717) is 13.0 Å². The van der Waals surface area contributed by atoms with Gasteiger partial charge in [0.1, 0.15) is 0 Å². The monoisotopic (exact) mass is 366 g/mol. The number of hydrogen-bond acceptors (Lipinski definition) is 3. The van der Waals surface area contributed by atoms with Gasteiger partial charge < -0.3 is 26.5 Å². The summed E-state index contributed by atoms with van der Waals surface area (Å²) in [5.74, 6) is -0.0820. The largest absolute Gasteiger partial charge is 1.00 e. The number of piperazine rings is 1. The average Bonchev–Trinajstić information content (AvgIpc) is 3.05. The van der Waals surface area contributed by atoms with E-state index in [-0.39, 0.29) is 18.4 Å². The Bertz CT molecular complexity index is 531. The van der Waals surface area contributed by atoms with Gasteiger partial charge in [0, 0.05) is 24.9 Å². The Morgan fingerprint density at radius 2 is 1.72 bits per heavy atom. The van der Waals surface area contributed by atoms with E-state index >= 15 is 0 Å². The fourth-order valence-electron chi connectivity index (χ4n) is 4.14. The molecule has 2 heterocycles. The van der Waals surface area contributed by atoms with Crippen LogP contribution in [-0.2, 0) is 16.0 Å². The molecule has 0 atom stereocenters. The smallest absolute Gasteiger partial charge is 0.305 e. The molecule has 2 saturated heterocycles. The molecule has 0 aliphatic carbocycles. The van der Waals surface area contributed by atoms with Crippen molar-refractivity contribution in [1.29, 1.82) is 0 Å². The first-order chi connectivity index (χ1) is 11.7. The second kappa shape index (κ2) is 9.44. The first kappa shape index (κ1) is 20.1. The van der Waals surface area contributed by atoms with Gasteiger partial charge in [0.15, 0.2) is 0 Å². The van der Waals surface area contributed by atoms with Crippen LogP contribution in [0.15, 0.2) is 24.3 Å². The van der Waals surface area contributed by atoms with Gasteiger partial charge in [-0.25, -0.2) is 0 Å². The van der Waals surface area contributed by atoms with Gasteiger partial charge >= 0.3 is 5.97 Å². The zero-order chi connectivity index (χ0) is 16.8. The molecule has 1 aromatic rings. The van der Waals surface area contributed by atoms with Gasteiger partial charge in [0.2, 0.25) is 0 Å². The predicted molar refractivity (Wildman–Crippen MR) is 97.2 cm³/mol. The Kier molecular flexibility index (Phi) is 7.57. The van der Waals surface area contributed by atoms with Gasteiger partial charge in [0.05, 0.1) is 45.9 Å². The van der Waals surface area contributed by atoms with Gasteiger partial charge in [-0.2, -0.15) is 0 Å². The van der Waals surface area contributed by atoms with E-state index in [2.05, 4.69) is 29.2 Å². The van der Waals surface area contributed by atoms with Crippen molar-refractivity contribution in [3.05, 3.63) is 29.8 Å². The van der Waals surface area contributed by atoms with Crippen molar-refractivity contribution in [3.8, 4) is 0 Å². The van der Waals surface area contributed by atoms with Crippen LogP contribution in [0.3, 0.4) is 0 Å². The number of aryl methyl sites for hydroxylation is 1. The molecule has 5 heteroatoms. The number of esters is 1. The Balaban J connectivity index is 0.00000225. The highest BCUT2D eigenvalue weighted by Gasteiger charge is 2.35. The van der Waals surface area contributed by atoms with Crippen molar-refractivity contribution in [2.45, 2.75) is 39.0 Å². The highest BCUT2D eigenvalue weighted by atomic mass is 35.5. The molecule has 140 valence electrons. The molecule has 0 unspecified atom stereocenters. The number of quaternary nitrogens is 1. The van der Waals surface area contributed by atoms with Gasteiger partial charge in [-0.1, -0.05) is 12.1 Å². The van der Waals surface area contributed by atoms with Crippen LogP contribution in [0, 0.1) is 0 Å². The predicted octanol–water partition coefficient (Wildman–Crippen LogP) is 0.00700. The summed E-state index contributed by atoms with van der Waals surface area (Å²) in [6, 6.07) is 8.93. The lowest BCUT2D eigenvalue weighted by Crippen LogP contribution is -3.00. The lowest BCUT2D eigenvalue weighted by Gasteiger charge is -2.42. The van der Waals surface area contributed by atoms with Crippen LogP contribution in [0.1, 0.15) is 38.2 Å². The van der Waals surface area contributed by atoms with Crippen LogP contribution in [0.5, 0.6) is 0 Å². The summed E-state index contributed by atoms with van der Waals surface area (Å²) in [4.78, 5) is 13.9. The first-order valence-corrected chi connectivity index (χ1v) is 9.55. The Morgan fingerprint density at radius 3 is 2.32 bits per heavy atom. The lowest BCUT2D eigenvalue weighted by molar-refractivity contribution is -0.917. The van der Waals surface area contributed by atoms with Gasteiger partial charge in [0.25, 0.3) is 0 Å². The second-order valence-corrected chi connectivity index (χ2v) is 7.26. The summed E-state index contributed by atoms with van der Waals surface area (Å²) in [5.41, 5.74) is 2.66. The molecule has 2 fully saturated rings. The number of anilines is 1. The molecule has 0 saturated carbocycles. The van der Waals surface area contributed by atoms with E-state index in [4.69, 9.17) is 4.74 Å². The lowest BCUT2D eigenvalue weighted by atomic mass is 10.1. The average molecular weight is 367 g/mol. The molecule has 2 aliphatic heterocycles. The fourth-order valence-corrected chi connectivity index (χ4v) is 4.14. The minimum atomic E-state index is -0.0820. The van der Waals surface area contributed by atoms with Gasteiger partial charge in [-0.15, -0.1) is 0 Å². The van der Waals surface area contributed by atoms with Crippen LogP contribution in [0.25, 0.3) is 0 Å². The number of hydrogen-bond donors (Lipinski definition) is 0. The molecule has 4 nitrogen and oxygen atoms in total. The third-order valence-corrected chi connectivity index (χ3v) is 5.66. The summed E-state index contributed by atoms with van der Waals surface area (Å²) in [6.07, 6.45) is 5.16. The van der Waals surface area contributed by atoms with E-state index < -0.39 is 0 Å². The first-order valence-electron chi connectivity index (χ1n) is 9.55. The van der Waals surface area contributed by atoms with Crippen molar-refractivity contribution in [2.75, 3.05) is 50.8 Å². The van der Waals surface area contributed by atoms with Crippen molar-refractivity contribution in [2.24, 2.45) is 0 Å². The van der Waals surface area contributed by atoms with Crippen molar-refractivity contribution >= 4 is 11.7 Å². The number of benzene rings is 1. The highest BCUT2D eigenvalue weighted by molar-refractivity contribution is 5.69. The normalized spacial score (nSPS) is 18.8. The molecular weight excluding hydrogens is 336 g/mol. The third-order valence-electron chi connectivity index (χ3n) is 5.66. The summed E-state index contributed by atoms with van der Waals surface area (Å²) in [7, 11) is 0. The van der Waals surface area contributed by atoms with Crippen molar-refractivity contribution in [3.63, 3.8) is 0 Å². The van der Waals surface area contributed by atoms with E-state index in [1.807, 2.05) is 6.92 Å². The molecule has 25 heavy (non-hydrogen) atoms. The van der Waals surface area contributed by atoms with Crippen LogP contribution >= 0.6 is 0 Å². The van der Waals surface area contributed by atoms with E-state index in [0.717, 1.165) is 12.8 Å². The highest BCUT2D eigenvalue weighted by Crippen LogP contribution is 2.25. The number of carbonyl (C=O) groups excluding carboxylic acids is 1. The second-order valence-electron chi connectivity index (χ2n) is 7.26. The molecular formula is C20H31ClN2O2. The fraction of sp³-hybridized carbons (Fsp3) is 0.650. The maximum atomic E-state index is 11.4. The van der Waals surface area contributed by atoms with Crippen LogP contribution in [-0.4, -0.2) is 56.3 Å². The third kappa shape index (κ3) is 5.35. The summed E-state index contributed by atoms with van der Waals surface area (Å²) < 4.78 is 6.33. The molecule has 0 radical (unpaired) electrons. The number of nitrogens with zero attached hydrogens (tertiary/aromatic N) is 2. The Morgan fingerprint density at radius 1 is 1.08 bits per heavy atom. The van der Waals surface area contributed by atoms with E-state index in [1.165, 1.54) is 67.8 Å². The SMILES string of the molecule is CCOC(=O)CCCc1ccc(N2CC[N+]3(CCCC3)CC2)cc1.[Cl-]. The molecule has 1 aromatic carbocycles. The van der Waals surface area contributed by atoms with Gasteiger partial charge in [-0.05, 0) is 37.5 Å². The summed E-state index contributed by atoms with van der Waals surface area (Å²) in [5, 5.41) is 0. The van der Waals surface area contributed by atoms with E-state index in [9.17, 15) is 4.79 Å². The quantitative estimate of drug-likeness (QED) is 0.524. The number of ether oxygens (including phenoxy) is 1. The molecule has 2 aliphatic rings. The maximum Gasteiger partial charge on any atom is 0.305 e. The number of halogens is 1. The molecule has 0 amide bonds. The summed E-state index contributed by atoms with van der Waals surface area (Å²) >= 11 is 0. The Labute approximate surface area is 158 Å². The zero-order valence-electron chi connectivity index (χ0n) is 15.4. The molecule has 0 bridgehead atoms. The molecule has 0 N–H and O–H groups in total. The summed E-state index contributed by atoms with van der Waals surface area (Å²) in [6.45, 7) is 10.1. The van der Waals surface area contributed by atoms with Crippen molar-refractivity contribution in [1.82, 2.24) is 0 Å². The van der Waals surface area contributed by atoms with Crippen LogP contribution in [0.4, 0.5) is 5.69 Å². The van der Waals surface area contributed by atoms with E-state index in [1.54, 1.807) is 0 Å². The topological polar surface area (TPSA) is 29.5 Å². The maximum absolute atomic E-state index is 11.4. The zero-order valence-corrected chi connectivity index (χ0v) is 16.1. The van der Waals surface area contributed by atoms with Crippen LogP contribution in [0.2, 0.25) is 0 Å². The number of carbonyl (C=O) groups is 1. The van der Waals surface area contributed by atoms with Crippen LogP contribution < -0.4 is 17.3 Å². The standard InChI is InChI=1S/C20H31N2O2.ClH/c1-2-24-20(23)7-5-6-18-8-10-19(11-9-18)21-12-16-22(17-13-21)14-3-4-15-22;/h8-11H,2-7,12-17H2,1H3;1H/q+1;/p-1. The van der Waals surface area contributed by atoms with Gasteiger partial charge in [-0.3, -0.25) is 4.79 Å². The minimum Gasteiger partial charge on any atom is -1.00 e. The van der Waals surface area contributed by atoms with Crippen molar-refractivity contribution < 1.29 is 26.4 Å². The minimum absolute atomic E-state index is 0.